The third kappa shape index (κ3) is 3.67. The third-order valence-corrected chi connectivity index (χ3v) is 3.78. The predicted octanol–water partition coefficient (Wildman–Crippen LogP) is 4.24. The van der Waals surface area contributed by atoms with Crippen LogP contribution in [0.4, 0.5) is 15.8 Å². The highest BCUT2D eigenvalue weighted by molar-refractivity contribution is 14.1. The Hall–Kier alpha value is -1.74. The number of carbonyl (C=O) groups is 1. The van der Waals surface area contributed by atoms with Crippen LogP contribution in [0.25, 0.3) is 0 Å². The Morgan fingerprint density at radius 2 is 2.00 bits per heavy atom. The zero-order valence-electron chi connectivity index (χ0n) is 10.3. The number of nitro groups is 1. The molecule has 0 aliphatic carbocycles. The van der Waals surface area contributed by atoms with Crippen LogP contribution in [-0.4, -0.2) is 10.8 Å². The van der Waals surface area contributed by atoms with Crippen LogP contribution in [0.3, 0.4) is 0 Å². The van der Waals surface area contributed by atoms with Gasteiger partial charge in [-0.2, -0.15) is 0 Å². The molecule has 0 unspecified atom stereocenters. The lowest BCUT2D eigenvalue weighted by Gasteiger charge is -2.08. The predicted molar refractivity (Wildman–Crippen MR) is 85.2 cm³/mol. The van der Waals surface area contributed by atoms with Crippen LogP contribution in [0.5, 0.6) is 0 Å². The number of hydrogen-bond acceptors (Lipinski definition) is 3. The first-order valence-electron chi connectivity index (χ1n) is 5.59. The Bertz CT molecular complexity index is 739. The Morgan fingerprint density at radius 1 is 1.29 bits per heavy atom. The summed E-state index contributed by atoms with van der Waals surface area (Å²) >= 11 is 7.64. The van der Waals surface area contributed by atoms with Crippen molar-refractivity contribution in [3.8, 4) is 0 Å². The maximum Gasteiger partial charge on any atom is 0.287 e. The molecule has 0 spiro atoms. The van der Waals surface area contributed by atoms with Gasteiger partial charge in [-0.25, -0.2) is 4.39 Å². The third-order valence-electron chi connectivity index (χ3n) is 2.59. The van der Waals surface area contributed by atoms with Crippen LogP contribution in [0, 0.1) is 19.5 Å². The quantitative estimate of drug-likeness (QED) is 0.458. The van der Waals surface area contributed by atoms with Crippen LogP contribution < -0.4 is 5.32 Å². The number of halogens is 3. The number of rotatable bonds is 3. The summed E-state index contributed by atoms with van der Waals surface area (Å²) in [5, 5.41) is 13.1. The summed E-state index contributed by atoms with van der Waals surface area (Å²) in [7, 11) is 0. The van der Waals surface area contributed by atoms with Crippen molar-refractivity contribution in [2.24, 2.45) is 0 Å². The smallest absolute Gasteiger partial charge is 0.287 e. The maximum absolute atomic E-state index is 13.0. The van der Waals surface area contributed by atoms with E-state index in [9.17, 15) is 19.3 Å². The molecule has 2 aromatic rings. The first-order valence-corrected chi connectivity index (χ1v) is 7.04. The van der Waals surface area contributed by atoms with Crippen molar-refractivity contribution in [2.45, 2.75) is 0 Å². The second-order valence-electron chi connectivity index (χ2n) is 4.00. The fourth-order valence-corrected chi connectivity index (χ4v) is 2.44. The van der Waals surface area contributed by atoms with Gasteiger partial charge in [-0.05, 0) is 52.9 Å². The van der Waals surface area contributed by atoms with E-state index in [1.165, 1.54) is 30.3 Å². The van der Waals surface area contributed by atoms with Gasteiger partial charge in [0.25, 0.3) is 11.6 Å². The average molecular weight is 421 g/mol. The molecule has 108 valence electrons. The fraction of sp³-hybridized carbons (Fsp3) is 0. The lowest BCUT2D eigenvalue weighted by atomic mass is 10.2. The van der Waals surface area contributed by atoms with Gasteiger partial charge in [0.1, 0.15) is 10.8 Å². The number of nitrogens with one attached hydrogen (secondary N) is 1. The van der Waals surface area contributed by atoms with Crippen LogP contribution >= 0.6 is 34.2 Å². The molecular formula is C13H7ClFIN2O3. The minimum atomic E-state index is -0.632. The Balaban J connectivity index is 2.24. The topological polar surface area (TPSA) is 72.2 Å². The van der Waals surface area contributed by atoms with Crippen LogP contribution in [0.15, 0.2) is 36.4 Å². The van der Waals surface area contributed by atoms with Crippen molar-refractivity contribution in [1.29, 1.82) is 0 Å². The van der Waals surface area contributed by atoms with Gasteiger partial charge in [0, 0.05) is 15.2 Å². The number of benzene rings is 2. The van der Waals surface area contributed by atoms with Gasteiger partial charge < -0.3 is 5.32 Å². The normalized spacial score (nSPS) is 10.2. The molecule has 0 fully saturated rings. The Morgan fingerprint density at radius 3 is 2.57 bits per heavy atom. The molecule has 8 heteroatoms. The SMILES string of the molecule is O=C(Nc1ccc(F)cc1I)c1ccc([N+](=O)[O-])c(Cl)c1. The minimum Gasteiger partial charge on any atom is -0.321 e. The molecule has 0 bridgehead atoms. The average Bonchev–Trinajstić information content (AvgIpc) is 2.41. The van der Waals surface area contributed by atoms with Crippen molar-refractivity contribution < 1.29 is 14.1 Å². The molecule has 0 saturated carbocycles. The molecule has 0 heterocycles. The summed E-state index contributed by atoms with van der Waals surface area (Å²) < 4.78 is 13.5. The highest BCUT2D eigenvalue weighted by Crippen LogP contribution is 2.26. The summed E-state index contributed by atoms with van der Waals surface area (Å²) in [6.07, 6.45) is 0. The monoisotopic (exact) mass is 420 g/mol. The molecule has 0 saturated heterocycles. The zero-order chi connectivity index (χ0) is 15.6. The summed E-state index contributed by atoms with van der Waals surface area (Å²) in [6, 6.07) is 7.61. The number of amides is 1. The van der Waals surface area contributed by atoms with E-state index < -0.39 is 16.6 Å². The summed E-state index contributed by atoms with van der Waals surface area (Å²) in [4.78, 5) is 22.1. The molecule has 21 heavy (non-hydrogen) atoms. The minimum absolute atomic E-state index is 0.124. The highest BCUT2D eigenvalue weighted by atomic mass is 127. The van der Waals surface area contributed by atoms with Gasteiger partial charge in [0.15, 0.2) is 0 Å². The molecule has 0 aromatic heterocycles. The molecular weight excluding hydrogens is 414 g/mol. The lowest BCUT2D eigenvalue weighted by Crippen LogP contribution is -2.13. The second kappa shape index (κ2) is 6.35. The van der Waals surface area contributed by atoms with E-state index in [0.717, 1.165) is 6.07 Å². The molecule has 0 aliphatic heterocycles. The summed E-state index contributed by atoms with van der Waals surface area (Å²) in [5.74, 6) is -0.896. The van der Waals surface area contributed by atoms with Crippen molar-refractivity contribution in [3.05, 3.63) is 66.5 Å². The number of nitrogens with zero attached hydrogens (tertiary/aromatic N) is 1. The van der Waals surface area contributed by atoms with E-state index in [0.29, 0.717) is 9.26 Å². The Labute approximate surface area is 137 Å². The molecule has 1 N–H and O–H groups in total. The van der Waals surface area contributed by atoms with E-state index in [2.05, 4.69) is 5.32 Å². The van der Waals surface area contributed by atoms with E-state index in [1.807, 2.05) is 22.6 Å². The van der Waals surface area contributed by atoms with E-state index in [4.69, 9.17) is 11.6 Å². The Kier molecular flexibility index (Phi) is 4.73. The van der Waals surface area contributed by atoms with Gasteiger partial charge in [-0.15, -0.1) is 0 Å². The van der Waals surface area contributed by atoms with Crippen molar-refractivity contribution in [1.82, 2.24) is 0 Å². The summed E-state index contributed by atoms with van der Waals surface area (Å²) in [5.41, 5.74) is 0.340. The fourth-order valence-electron chi connectivity index (χ4n) is 1.58. The van der Waals surface area contributed by atoms with Crippen LogP contribution in [-0.2, 0) is 0 Å². The van der Waals surface area contributed by atoms with Crippen molar-refractivity contribution in [3.63, 3.8) is 0 Å². The first-order chi connectivity index (χ1) is 9.88. The van der Waals surface area contributed by atoms with E-state index in [1.54, 1.807) is 0 Å². The van der Waals surface area contributed by atoms with E-state index in [-0.39, 0.29) is 16.3 Å². The first kappa shape index (κ1) is 15.6. The molecule has 0 aliphatic rings. The van der Waals surface area contributed by atoms with Gasteiger partial charge in [0.05, 0.1) is 10.6 Å². The second-order valence-corrected chi connectivity index (χ2v) is 5.57. The van der Waals surface area contributed by atoms with Gasteiger partial charge in [0.2, 0.25) is 0 Å². The maximum atomic E-state index is 13.0. The van der Waals surface area contributed by atoms with Gasteiger partial charge in [-0.1, -0.05) is 11.6 Å². The highest BCUT2D eigenvalue weighted by Gasteiger charge is 2.16. The van der Waals surface area contributed by atoms with E-state index >= 15 is 0 Å². The molecule has 0 atom stereocenters. The van der Waals surface area contributed by atoms with Gasteiger partial charge in [-0.3, -0.25) is 14.9 Å². The number of anilines is 1. The largest absolute Gasteiger partial charge is 0.321 e. The van der Waals surface area contributed by atoms with Crippen LogP contribution in [0.2, 0.25) is 5.02 Å². The lowest BCUT2D eigenvalue weighted by molar-refractivity contribution is -0.384. The standard InChI is InChI=1S/C13H7ClFIN2O3/c14-9-5-7(1-4-12(9)18(20)21)13(19)17-11-3-2-8(15)6-10(11)16/h1-6H,(H,17,19). The number of hydrogen-bond donors (Lipinski definition) is 1. The molecule has 0 radical (unpaired) electrons. The number of nitro benzene ring substituents is 1. The summed E-state index contributed by atoms with van der Waals surface area (Å²) in [6.45, 7) is 0. The molecule has 2 rings (SSSR count). The van der Waals surface area contributed by atoms with Gasteiger partial charge >= 0.3 is 0 Å². The molecule has 1 amide bonds. The molecule has 2 aromatic carbocycles. The zero-order valence-corrected chi connectivity index (χ0v) is 13.2. The van der Waals surface area contributed by atoms with Crippen LogP contribution in [0.1, 0.15) is 10.4 Å². The number of carbonyl (C=O) groups excluding carboxylic acids is 1. The van der Waals surface area contributed by atoms with Crippen molar-refractivity contribution >= 4 is 51.5 Å². The van der Waals surface area contributed by atoms with Crippen molar-refractivity contribution in [2.75, 3.05) is 5.32 Å². The molecule has 5 nitrogen and oxygen atoms in total.